The summed E-state index contributed by atoms with van der Waals surface area (Å²) in [5.74, 6) is 0.499. The number of amides is 1. The van der Waals surface area contributed by atoms with E-state index in [0.29, 0.717) is 11.3 Å². The number of hydrogen-bond acceptors (Lipinski definition) is 2. The molecule has 1 N–H and O–H groups in total. The van der Waals surface area contributed by atoms with Gasteiger partial charge in [0, 0.05) is 6.04 Å². The topological polar surface area (TPSA) is 38.3 Å². The number of carbonyl (C=O) groups excluding carboxylic acids is 1. The molecule has 0 radical (unpaired) electrons. The number of fused-ring (bicyclic) bond motifs is 1. The fourth-order valence-corrected chi connectivity index (χ4v) is 1.91. The average Bonchev–Trinajstić information content (AvgIpc) is 2.36. The van der Waals surface area contributed by atoms with E-state index in [0.717, 1.165) is 10.8 Å². The predicted octanol–water partition coefficient (Wildman–Crippen LogP) is 2.99. The van der Waals surface area contributed by atoms with Gasteiger partial charge in [-0.3, -0.25) is 4.79 Å². The van der Waals surface area contributed by atoms with E-state index in [1.807, 2.05) is 50.2 Å². The van der Waals surface area contributed by atoms with Crippen LogP contribution in [0.2, 0.25) is 0 Å². The van der Waals surface area contributed by atoms with Gasteiger partial charge in [-0.25, -0.2) is 0 Å². The molecule has 18 heavy (non-hydrogen) atoms. The monoisotopic (exact) mass is 243 g/mol. The van der Waals surface area contributed by atoms with Gasteiger partial charge in [0.15, 0.2) is 0 Å². The van der Waals surface area contributed by atoms with E-state index >= 15 is 0 Å². The number of carbonyl (C=O) groups is 1. The van der Waals surface area contributed by atoms with Crippen molar-refractivity contribution in [1.29, 1.82) is 0 Å². The molecule has 3 nitrogen and oxygen atoms in total. The molecule has 0 saturated heterocycles. The summed E-state index contributed by atoms with van der Waals surface area (Å²) in [7, 11) is 1.58. The first-order valence-corrected chi connectivity index (χ1v) is 5.99. The molecule has 0 aliphatic heterocycles. The fraction of sp³-hybridized carbons (Fsp3) is 0.267. The molecular formula is C15H17NO2. The molecule has 2 aromatic rings. The van der Waals surface area contributed by atoms with Crippen LogP contribution >= 0.6 is 0 Å². The average molecular weight is 243 g/mol. The standard InChI is InChI=1S/C15H17NO2/c1-10(2)16-15(17)13-8-11-6-4-5-7-12(11)9-14(13)18-3/h4-10H,1-3H3,(H,16,17). The second-order valence-electron chi connectivity index (χ2n) is 4.53. The van der Waals surface area contributed by atoms with Crippen LogP contribution in [-0.2, 0) is 0 Å². The Hall–Kier alpha value is -2.03. The zero-order valence-electron chi connectivity index (χ0n) is 10.9. The van der Waals surface area contributed by atoms with Crippen molar-refractivity contribution in [1.82, 2.24) is 5.32 Å². The van der Waals surface area contributed by atoms with Crippen molar-refractivity contribution in [3.63, 3.8) is 0 Å². The highest BCUT2D eigenvalue weighted by Gasteiger charge is 2.14. The maximum Gasteiger partial charge on any atom is 0.255 e. The Kier molecular flexibility index (Phi) is 3.51. The van der Waals surface area contributed by atoms with E-state index < -0.39 is 0 Å². The van der Waals surface area contributed by atoms with Crippen molar-refractivity contribution in [2.45, 2.75) is 19.9 Å². The lowest BCUT2D eigenvalue weighted by atomic mass is 10.1. The normalized spacial score (nSPS) is 10.7. The lowest BCUT2D eigenvalue weighted by Gasteiger charge is -2.12. The van der Waals surface area contributed by atoms with E-state index in [4.69, 9.17) is 4.74 Å². The molecule has 0 heterocycles. The van der Waals surface area contributed by atoms with Crippen LogP contribution in [0, 0.1) is 0 Å². The lowest BCUT2D eigenvalue weighted by Crippen LogP contribution is -2.30. The van der Waals surface area contributed by atoms with E-state index in [1.54, 1.807) is 7.11 Å². The van der Waals surface area contributed by atoms with Gasteiger partial charge < -0.3 is 10.1 Å². The van der Waals surface area contributed by atoms with Crippen LogP contribution in [0.15, 0.2) is 36.4 Å². The minimum atomic E-state index is -0.104. The highest BCUT2D eigenvalue weighted by molar-refractivity contribution is 6.01. The Morgan fingerprint density at radius 1 is 1.17 bits per heavy atom. The molecule has 0 spiro atoms. The van der Waals surface area contributed by atoms with Crippen molar-refractivity contribution in [2.75, 3.05) is 7.11 Å². The largest absolute Gasteiger partial charge is 0.496 e. The highest BCUT2D eigenvalue weighted by Crippen LogP contribution is 2.25. The second-order valence-corrected chi connectivity index (χ2v) is 4.53. The van der Waals surface area contributed by atoms with E-state index in [1.165, 1.54) is 0 Å². The van der Waals surface area contributed by atoms with Crippen LogP contribution in [0.3, 0.4) is 0 Å². The van der Waals surface area contributed by atoms with Crippen LogP contribution in [0.25, 0.3) is 10.8 Å². The van der Waals surface area contributed by atoms with Crippen molar-refractivity contribution < 1.29 is 9.53 Å². The third kappa shape index (κ3) is 2.45. The fourth-order valence-electron chi connectivity index (χ4n) is 1.91. The minimum Gasteiger partial charge on any atom is -0.496 e. The second kappa shape index (κ2) is 5.08. The van der Waals surface area contributed by atoms with Gasteiger partial charge >= 0.3 is 0 Å². The number of methoxy groups -OCH3 is 1. The molecule has 0 bridgehead atoms. The molecule has 0 aliphatic carbocycles. The molecule has 3 heteroatoms. The smallest absolute Gasteiger partial charge is 0.255 e. The Balaban J connectivity index is 2.51. The molecule has 0 aromatic heterocycles. The molecule has 0 aliphatic rings. The van der Waals surface area contributed by atoms with E-state index in [-0.39, 0.29) is 11.9 Å². The summed E-state index contributed by atoms with van der Waals surface area (Å²) < 4.78 is 5.30. The molecule has 0 unspecified atom stereocenters. The number of nitrogens with one attached hydrogen (secondary N) is 1. The Bertz CT molecular complexity index is 576. The van der Waals surface area contributed by atoms with E-state index in [2.05, 4.69) is 5.32 Å². The van der Waals surface area contributed by atoms with Crippen molar-refractivity contribution >= 4 is 16.7 Å². The van der Waals surface area contributed by atoms with Gasteiger partial charge in [0.05, 0.1) is 12.7 Å². The molecule has 94 valence electrons. The number of benzene rings is 2. The van der Waals surface area contributed by atoms with Gasteiger partial charge in [0.25, 0.3) is 5.91 Å². The Morgan fingerprint density at radius 3 is 2.33 bits per heavy atom. The zero-order chi connectivity index (χ0) is 13.1. The van der Waals surface area contributed by atoms with Crippen LogP contribution in [0.1, 0.15) is 24.2 Å². The van der Waals surface area contributed by atoms with Gasteiger partial charge in [-0.1, -0.05) is 24.3 Å². The highest BCUT2D eigenvalue weighted by atomic mass is 16.5. The third-order valence-corrected chi connectivity index (χ3v) is 2.73. The van der Waals surface area contributed by atoms with Crippen molar-refractivity contribution in [3.05, 3.63) is 42.0 Å². The summed E-state index contributed by atoms with van der Waals surface area (Å²) in [6.45, 7) is 3.87. The summed E-state index contributed by atoms with van der Waals surface area (Å²) in [6, 6.07) is 11.8. The van der Waals surface area contributed by atoms with Gasteiger partial charge in [-0.15, -0.1) is 0 Å². The van der Waals surface area contributed by atoms with Gasteiger partial charge in [-0.2, -0.15) is 0 Å². The van der Waals surface area contributed by atoms with Gasteiger partial charge in [0.1, 0.15) is 5.75 Å². The van der Waals surface area contributed by atoms with Crippen LogP contribution in [0.5, 0.6) is 5.75 Å². The molecule has 0 atom stereocenters. The summed E-state index contributed by atoms with van der Waals surface area (Å²) in [5, 5.41) is 4.98. The predicted molar refractivity (Wildman–Crippen MR) is 73.1 cm³/mol. The van der Waals surface area contributed by atoms with Crippen LogP contribution in [0.4, 0.5) is 0 Å². The lowest BCUT2D eigenvalue weighted by molar-refractivity contribution is 0.0940. The Morgan fingerprint density at radius 2 is 1.78 bits per heavy atom. The maximum atomic E-state index is 12.1. The first-order chi connectivity index (χ1) is 8.61. The summed E-state index contributed by atoms with van der Waals surface area (Å²) in [5.41, 5.74) is 0.574. The van der Waals surface area contributed by atoms with Crippen molar-refractivity contribution in [2.24, 2.45) is 0 Å². The molecule has 0 saturated carbocycles. The maximum absolute atomic E-state index is 12.1. The third-order valence-electron chi connectivity index (χ3n) is 2.73. The minimum absolute atomic E-state index is 0.104. The number of hydrogen-bond donors (Lipinski definition) is 1. The first kappa shape index (κ1) is 12.4. The number of rotatable bonds is 3. The summed E-state index contributed by atoms with van der Waals surface area (Å²) in [4.78, 5) is 12.1. The van der Waals surface area contributed by atoms with Crippen LogP contribution < -0.4 is 10.1 Å². The number of ether oxygens (including phenoxy) is 1. The molecule has 1 amide bonds. The SMILES string of the molecule is COc1cc2ccccc2cc1C(=O)NC(C)C. The molecule has 2 rings (SSSR count). The van der Waals surface area contributed by atoms with Gasteiger partial charge in [0.2, 0.25) is 0 Å². The van der Waals surface area contributed by atoms with Crippen molar-refractivity contribution in [3.8, 4) is 5.75 Å². The zero-order valence-corrected chi connectivity index (χ0v) is 10.9. The molecule has 0 fully saturated rings. The van der Waals surface area contributed by atoms with Gasteiger partial charge in [-0.05, 0) is 36.8 Å². The quantitative estimate of drug-likeness (QED) is 0.900. The van der Waals surface area contributed by atoms with E-state index in [9.17, 15) is 4.79 Å². The summed E-state index contributed by atoms with van der Waals surface area (Å²) >= 11 is 0. The molecule has 2 aromatic carbocycles. The first-order valence-electron chi connectivity index (χ1n) is 5.99. The summed E-state index contributed by atoms with van der Waals surface area (Å²) in [6.07, 6.45) is 0. The van der Waals surface area contributed by atoms with Crippen LogP contribution in [-0.4, -0.2) is 19.1 Å². The molecular weight excluding hydrogens is 226 g/mol. The Labute approximate surface area is 107 Å².